The van der Waals surface area contributed by atoms with Gasteiger partial charge in [0.2, 0.25) is 0 Å². The van der Waals surface area contributed by atoms with E-state index in [2.05, 4.69) is 10.6 Å². The predicted molar refractivity (Wildman–Crippen MR) is 78.2 cm³/mol. The summed E-state index contributed by atoms with van der Waals surface area (Å²) in [6, 6.07) is 9.74. The van der Waals surface area contributed by atoms with Crippen LogP contribution in [-0.2, 0) is 0 Å². The van der Waals surface area contributed by atoms with Crippen molar-refractivity contribution in [2.75, 3.05) is 12.4 Å². The highest BCUT2D eigenvalue weighted by atomic mass is 19.1. The van der Waals surface area contributed by atoms with E-state index in [1.54, 1.807) is 38.2 Å². The van der Waals surface area contributed by atoms with E-state index in [0.29, 0.717) is 5.56 Å². The summed E-state index contributed by atoms with van der Waals surface area (Å²) in [6.07, 6.45) is 0. The van der Waals surface area contributed by atoms with Gasteiger partial charge in [-0.15, -0.1) is 0 Å². The Morgan fingerprint density at radius 1 is 1.10 bits per heavy atom. The van der Waals surface area contributed by atoms with Crippen molar-refractivity contribution in [3.8, 4) is 0 Å². The Bertz CT molecular complexity index is 641. The number of hydrogen-bond donors (Lipinski definition) is 2. The lowest BCUT2D eigenvalue weighted by Gasteiger charge is -2.16. The summed E-state index contributed by atoms with van der Waals surface area (Å²) in [6.45, 7) is 1.74. The van der Waals surface area contributed by atoms with E-state index in [0.717, 1.165) is 17.8 Å². The number of nitrogens with one attached hydrogen (secondary N) is 2. The number of rotatable bonds is 4. The van der Waals surface area contributed by atoms with Crippen LogP contribution < -0.4 is 10.6 Å². The Balaban J connectivity index is 2.14. The first-order chi connectivity index (χ1) is 10.0. The first-order valence-electron chi connectivity index (χ1n) is 6.55. The molecule has 0 radical (unpaired) electrons. The molecule has 0 aromatic heterocycles. The zero-order valence-electron chi connectivity index (χ0n) is 11.8. The molecule has 1 unspecified atom stereocenters. The van der Waals surface area contributed by atoms with Gasteiger partial charge in [-0.25, -0.2) is 8.78 Å². The van der Waals surface area contributed by atoms with Crippen LogP contribution in [-0.4, -0.2) is 13.0 Å². The topological polar surface area (TPSA) is 41.1 Å². The zero-order valence-corrected chi connectivity index (χ0v) is 11.8. The molecule has 2 N–H and O–H groups in total. The van der Waals surface area contributed by atoms with Gasteiger partial charge in [-0.05, 0) is 49.4 Å². The zero-order chi connectivity index (χ0) is 15.4. The fourth-order valence-electron chi connectivity index (χ4n) is 2.04. The molecular weight excluding hydrogens is 274 g/mol. The highest BCUT2D eigenvalue weighted by Gasteiger charge is 2.12. The van der Waals surface area contributed by atoms with Gasteiger partial charge in [-0.3, -0.25) is 4.79 Å². The van der Waals surface area contributed by atoms with E-state index < -0.39 is 17.7 Å². The third-order valence-corrected chi connectivity index (χ3v) is 3.18. The maximum atomic E-state index is 13.7. The summed E-state index contributed by atoms with van der Waals surface area (Å²) < 4.78 is 26.9. The molecule has 2 rings (SSSR count). The highest BCUT2D eigenvalue weighted by Crippen LogP contribution is 2.22. The van der Waals surface area contributed by atoms with Crippen LogP contribution in [0.4, 0.5) is 14.5 Å². The molecule has 0 saturated carbocycles. The largest absolute Gasteiger partial charge is 0.378 e. The van der Waals surface area contributed by atoms with Gasteiger partial charge in [-0.2, -0.15) is 0 Å². The average molecular weight is 290 g/mol. The van der Waals surface area contributed by atoms with E-state index in [9.17, 15) is 13.6 Å². The third-order valence-electron chi connectivity index (χ3n) is 3.18. The maximum absolute atomic E-state index is 13.7. The lowest BCUT2D eigenvalue weighted by molar-refractivity contribution is 0.0963. The Morgan fingerprint density at radius 2 is 1.76 bits per heavy atom. The van der Waals surface area contributed by atoms with Gasteiger partial charge in [0.1, 0.15) is 11.6 Å². The highest BCUT2D eigenvalue weighted by molar-refractivity contribution is 5.94. The first kappa shape index (κ1) is 15.0. The van der Waals surface area contributed by atoms with Crippen LogP contribution in [0.25, 0.3) is 0 Å². The predicted octanol–water partition coefficient (Wildman–Crippen LogP) is 3.50. The molecule has 0 aliphatic rings. The number of hydrogen-bond acceptors (Lipinski definition) is 2. The molecular formula is C16H16F2N2O. The van der Waals surface area contributed by atoms with Gasteiger partial charge in [0.25, 0.3) is 5.91 Å². The number of halogens is 2. The van der Waals surface area contributed by atoms with E-state index >= 15 is 0 Å². The summed E-state index contributed by atoms with van der Waals surface area (Å²) in [5, 5.41) is 5.60. The van der Waals surface area contributed by atoms with Crippen molar-refractivity contribution < 1.29 is 13.6 Å². The van der Waals surface area contributed by atoms with E-state index in [1.165, 1.54) is 6.07 Å². The number of anilines is 1. The summed E-state index contributed by atoms with van der Waals surface area (Å²) in [7, 11) is 1.56. The van der Waals surface area contributed by atoms with Crippen LogP contribution >= 0.6 is 0 Å². The Hall–Kier alpha value is -2.43. The summed E-state index contributed by atoms with van der Waals surface area (Å²) in [5.74, 6) is -1.11. The fourth-order valence-corrected chi connectivity index (χ4v) is 2.04. The number of carbonyl (C=O) groups is 1. The van der Waals surface area contributed by atoms with Crippen LogP contribution in [0.15, 0.2) is 42.5 Å². The molecule has 1 atom stereocenters. The standard InChI is InChI=1S/C16H16F2N2O/c1-10(14-9-12(17)5-8-15(14)18)20-13-6-3-11(4-7-13)16(21)19-2/h3-10,20H,1-2H3,(H,19,21). The van der Waals surface area contributed by atoms with E-state index in [-0.39, 0.29) is 11.5 Å². The van der Waals surface area contributed by atoms with Crippen LogP contribution in [0.2, 0.25) is 0 Å². The monoisotopic (exact) mass is 290 g/mol. The minimum absolute atomic E-state index is 0.175. The van der Waals surface area contributed by atoms with Crippen molar-refractivity contribution >= 4 is 11.6 Å². The van der Waals surface area contributed by atoms with Crippen LogP contribution in [0.5, 0.6) is 0 Å². The minimum Gasteiger partial charge on any atom is -0.378 e. The van der Waals surface area contributed by atoms with Gasteiger partial charge in [0, 0.05) is 23.9 Å². The second-order valence-electron chi connectivity index (χ2n) is 4.69. The van der Waals surface area contributed by atoms with Crippen LogP contribution in [0.3, 0.4) is 0 Å². The smallest absolute Gasteiger partial charge is 0.251 e. The number of benzene rings is 2. The molecule has 0 heterocycles. The van der Waals surface area contributed by atoms with Gasteiger partial charge < -0.3 is 10.6 Å². The molecule has 0 saturated heterocycles. The second kappa shape index (κ2) is 6.35. The lowest BCUT2D eigenvalue weighted by atomic mass is 10.1. The molecule has 0 spiro atoms. The van der Waals surface area contributed by atoms with Gasteiger partial charge in [-0.1, -0.05) is 0 Å². The maximum Gasteiger partial charge on any atom is 0.251 e. The summed E-state index contributed by atoms with van der Waals surface area (Å²) in [5.41, 5.74) is 1.51. The molecule has 110 valence electrons. The summed E-state index contributed by atoms with van der Waals surface area (Å²) >= 11 is 0. The van der Waals surface area contributed by atoms with Crippen molar-refractivity contribution in [1.29, 1.82) is 0 Å². The normalized spacial score (nSPS) is 11.8. The molecule has 1 amide bonds. The van der Waals surface area contributed by atoms with Crippen molar-refractivity contribution in [3.05, 3.63) is 65.2 Å². The van der Waals surface area contributed by atoms with E-state index in [1.807, 2.05) is 0 Å². The quantitative estimate of drug-likeness (QED) is 0.905. The Labute approximate surface area is 122 Å². The van der Waals surface area contributed by atoms with Crippen molar-refractivity contribution in [1.82, 2.24) is 5.32 Å². The molecule has 2 aromatic rings. The molecule has 0 fully saturated rings. The van der Waals surface area contributed by atoms with Crippen LogP contribution in [0.1, 0.15) is 28.9 Å². The third kappa shape index (κ3) is 3.56. The average Bonchev–Trinajstić information content (AvgIpc) is 2.49. The fraction of sp³-hybridized carbons (Fsp3) is 0.188. The van der Waals surface area contributed by atoms with Crippen LogP contribution in [0, 0.1) is 11.6 Å². The minimum atomic E-state index is -0.477. The van der Waals surface area contributed by atoms with Crippen molar-refractivity contribution in [2.24, 2.45) is 0 Å². The van der Waals surface area contributed by atoms with Crippen molar-refractivity contribution in [3.63, 3.8) is 0 Å². The lowest BCUT2D eigenvalue weighted by Crippen LogP contribution is -2.17. The van der Waals surface area contributed by atoms with Gasteiger partial charge >= 0.3 is 0 Å². The molecule has 21 heavy (non-hydrogen) atoms. The number of carbonyl (C=O) groups excluding carboxylic acids is 1. The summed E-state index contributed by atoms with van der Waals surface area (Å²) in [4.78, 5) is 11.4. The molecule has 0 bridgehead atoms. The van der Waals surface area contributed by atoms with E-state index in [4.69, 9.17) is 0 Å². The van der Waals surface area contributed by atoms with Gasteiger partial charge in [0.05, 0.1) is 6.04 Å². The molecule has 3 nitrogen and oxygen atoms in total. The SMILES string of the molecule is CNC(=O)c1ccc(NC(C)c2cc(F)ccc2F)cc1. The first-order valence-corrected chi connectivity index (χ1v) is 6.55. The molecule has 5 heteroatoms. The van der Waals surface area contributed by atoms with Crippen molar-refractivity contribution in [2.45, 2.75) is 13.0 Å². The molecule has 0 aliphatic heterocycles. The van der Waals surface area contributed by atoms with Gasteiger partial charge in [0.15, 0.2) is 0 Å². The molecule has 0 aliphatic carbocycles. The Morgan fingerprint density at radius 3 is 2.38 bits per heavy atom. The molecule has 2 aromatic carbocycles. The second-order valence-corrected chi connectivity index (χ2v) is 4.69. The Kier molecular flexibility index (Phi) is 4.52. The number of amides is 1.